The van der Waals surface area contributed by atoms with Crippen LogP contribution in [0.2, 0.25) is 0 Å². The first-order valence-corrected chi connectivity index (χ1v) is 5.91. The van der Waals surface area contributed by atoms with Gasteiger partial charge in [0.1, 0.15) is 35.1 Å². The quantitative estimate of drug-likeness (QED) is 0.824. The van der Waals surface area contributed by atoms with Crippen LogP contribution in [0.25, 0.3) is 0 Å². The zero-order valence-corrected chi connectivity index (χ0v) is 11.1. The monoisotopic (exact) mass is 278 g/mol. The molecule has 2 rings (SSSR count). The molecule has 1 heterocycles. The van der Waals surface area contributed by atoms with Crippen LogP contribution in [0.1, 0.15) is 11.7 Å². The summed E-state index contributed by atoms with van der Waals surface area (Å²) in [6.45, 7) is 0. The summed E-state index contributed by atoms with van der Waals surface area (Å²) in [5.74, 6) is 0.570. The lowest BCUT2D eigenvalue weighted by Gasteiger charge is -2.14. The summed E-state index contributed by atoms with van der Waals surface area (Å²) in [6, 6.07) is 12.3. The lowest BCUT2D eigenvalue weighted by atomic mass is 9.94. The molecule has 2 N–H and O–H groups in total. The van der Waals surface area contributed by atoms with Crippen molar-refractivity contribution in [3.63, 3.8) is 0 Å². The molecule has 0 saturated carbocycles. The van der Waals surface area contributed by atoms with Gasteiger partial charge in [-0.25, -0.2) is 0 Å². The Bertz CT molecular complexity index is 739. The standard InChI is InChI=1S/C15H10N4O2/c1-20-11-4-2-9(3-5-11)14-13(10(6-16)7-17)12(8-18)15(19)21-14/h2-5,14H,19H2,1H3. The zero-order chi connectivity index (χ0) is 15.4. The molecular formula is C15H10N4O2. The first kappa shape index (κ1) is 14.0. The minimum atomic E-state index is -0.750. The third-order valence-corrected chi connectivity index (χ3v) is 3.05. The van der Waals surface area contributed by atoms with E-state index < -0.39 is 6.10 Å². The summed E-state index contributed by atoms with van der Waals surface area (Å²) in [5.41, 5.74) is 6.37. The van der Waals surface area contributed by atoms with Crippen molar-refractivity contribution in [2.75, 3.05) is 7.11 Å². The smallest absolute Gasteiger partial charge is 0.203 e. The number of nitrogens with two attached hydrogens (primary N) is 1. The Kier molecular flexibility index (Phi) is 3.79. The van der Waals surface area contributed by atoms with E-state index in [0.717, 1.165) is 0 Å². The average molecular weight is 278 g/mol. The van der Waals surface area contributed by atoms with Crippen LogP contribution >= 0.6 is 0 Å². The van der Waals surface area contributed by atoms with Gasteiger partial charge in [0.05, 0.1) is 7.11 Å². The van der Waals surface area contributed by atoms with Gasteiger partial charge in [-0.1, -0.05) is 12.1 Å². The molecule has 1 atom stereocenters. The second-order valence-electron chi connectivity index (χ2n) is 4.13. The van der Waals surface area contributed by atoms with E-state index in [9.17, 15) is 0 Å². The van der Waals surface area contributed by atoms with Crippen molar-refractivity contribution >= 4 is 0 Å². The van der Waals surface area contributed by atoms with E-state index in [1.807, 2.05) is 6.07 Å². The summed E-state index contributed by atoms with van der Waals surface area (Å²) < 4.78 is 10.5. The van der Waals surface area contributed by atoms with Gasteiger partial charge in [-0.05, 0) is 17.7 Å². The Hall–Kier alpha value is -3.43. The van der Waals surface area contributed by atoms with Crippen LogP contribution in [-0.2, 0) is 4.74 Å². The van der Waals surface area contributed by atoms with Gasteiger partial charge in [-0.3, -0.25) is 0 Å². The number of hydrogen-bond donors (Lipinski definition) is 1. The van der Waals surface area contributed by atoms with Crippen LogP contribution in [0.5, 0.6) is 5.75 Å². The maximum absolute atomic E-state index is 9.15. The van der Waals surface area contributed by atoms with Crippen molar-refractivity contribution in [2.24, 2.45) is 5.73 Å². The van der Waals surface area contributed by atoms with Crippen molar-refractivity contribution in [1.29, 1.82) is 15.8 Å². The largest absolute Gasteiger partial charge is 0.497 e. The lowest BCUT2D eigenvalue weighted by molar-refractivity contribution is 0.166. The summed E-state index contributed by atoms with van der Waals surface area (Å²) in [4.78, 5) is 0. The maximum Gasteiger partial charge on any atom is 0.203 e. The molecule has 0 saturated heterocycles. The fourth-order valence-corrected chi connectivity index (χ4v) is 2.04. The van der Waals surface area contributed by atoms with Gasteiger partial charge in [0, 0.05) is 5.57 Å². The predicted octanol–water partition coefficient (Wildman–Crippen LogP) is 1.80. The summed E-state index contributed by atoms with van der Waals surface area (Å²) in [7, 11) is 1.54. The van der Waals surface area contributed by atoms with Crippen molar-refractivity contribution < 1.29 is 9.47 Å². The Morgan fingerprint density at radius 3 is 2.29 bits per heavy atom. The number of hydrogen-bond acceptors (Lipinski definition) is 6. The summed E-state index contributed by atoms with van der Waals surface area (Å²) >= 11 is 0. The lowest BCUT2D eigenvalue weighted by Crippen LogP contribution is -2.04. The highest BCUT2D eigenvalue weighted by molar-refractivity contribution is 5.60. The molecule has 0 fully saturated rings. The third-order valence-electron chi connectivity index (χ3n) is 3.05. The molecule has 21 heavy (non-hydrogen) atoms. The van der Waals surface area contributed by atoms with Gasteiger partial charge < -0.3 is 15.2 Å². The van der Waals surface area contributed by atoms with Crippen LogP contribution in [0.15, 0.2) is 46.9 Å². The predicted molar refractivity (Wildman–Crippen MR) is 71.9 cm³/mol. The van der Waals surface area contributed by atoms with E-state index in [4.69, 9.17) is 31.0 Å². The van der Waals surface area contributed by atoms with E-state index in [2.05, 4.69) is 0 Å². The first-order chi connectivity index (χ1) is 10.2. The molecule has 6 nitrogen and oxygen atoms in total. The molecule has 0 spiro atoms. The fourth-order valence-electron chi connectivity index (χ4n) is 2.04. The number of nitrogens with zero attached hydrogens (tertiary/aromatic N) is 3. The molecule has 1 aliphatic heterocycles. The highest BCUT2D eigenvalue weighted by Gasteiger charge is 2.34. The Morgan fingerprint density at radius 1 is 1.19 bits per heavy atom. The number of rotatable bonds is 2. The average Bonchev–Trinajstić information content (AvgIpc) is 2.85. The molecule has 1 aliphatic rings. The van der Waals surface area contributed by atoms with Gasteiger partial charge in [-0.15, -0.1) is 0 Å². The normalized spacial score (nSPS) is 16.5. The summed E-state index contributed by atoms with van der Waals surface area (Å²) in [6.07, 6.45) is -0.750. The third kappa shape index (κ3) is 2.36. The number of ether oxygens (including phenoxy) is 2. The molecule has 1 aromatic carbocycles. The fraction of sp³-hybridized carbons (Fsp3) is 0.133. The van der Waals surface area contributed by atoms with Crippen molar-refractivity contribution in [3.05, 3.63) is 52.4 Å². The molecule has 0 amide bonds. The van der Waals surface area contributed by atoms with E-state index in [-0.39, 0.29) is 22.6 Å². The van der Waals surface area contributed by atoms with Gasteiger partial charge >= 0.3 is 0 Å². The molecule has 1 aromatic rings. The molecule has 102 valence electrons. The van der Waals surface area contributed by atoms with Crippen LogP contribution in [0.4, 0.5) is 0 Å². The highest BCUT2D eigenvalue weighted by atomic mass is 16.5. The zero-order valence-electron chi connectivity index (χ0n) is 11.1. The van der Waals surface area contributed by atoms with Crippen molar-refractivity contribution in [2.45, 2.75) is 6.10 Å². The molecule has 0 aromatic heterocycles. The number of methoxy groups -OCH3 is 1. The minimum Gasteiger partial charge on any atom is -0.497 e. The number of allylic oxidation sites excluding steroid dienone is 1. The van der Waals surface area contributed by atoms with E-state index >= 15 is 0 Å². The van der Waals surface area contributed by atoms with Crippen molar-refractivity contribution in [3.8, 4) is 24.0 Å². The maximum atomic E-state index is 9.15. The van der Waals surface area contributed by atoms with E-state index in [1.165, 1.54) is 0 Å². The Morgan fingerprint density at radius 2 is 1.81 bits per heavy atom. The van der Waals surface area contributed by atoms with Crippen molar-refractivity contribution in [1.82, 2.24) is 0 Å². The second-order valence-corrected chi connectivity index (χ2v) is 4.13. The second kappa shape index (κ2) is 5.69. The summed E-state index contributed by atoms with van der Waals surface area (Å²) in [5, 5.41) is 27.3. The van der Waals surface area contributed by atoms with Crippen LogP contribution in [0.3, 0.4) is 0 Å². The first-order valence-electron chi connectivity index (χ1n) is 5.91. The Balaban J connectivity index is 2.55. The highest BCUT2D eigenvalue weighted by Crippen LogP contribution is 2.40. The topological polar surface area (TPSA) is 116 Å². The number of nitriles is 3. The molecular weight excluding hydrogens is 268 g/mol. The molecule has 6 heteroatoms. The number of benzene rings is 1. The van der Waals surface area contributed by atoms with Gasteiger partial charge in [0.25, 0.3) is 0 Å². The van der Waals surface area contributed by atoms with Gasteiger partial charge in [0.2, 0.25) is 5.88 Å². The van der Waals surface area contributed by atoms with E-state index in [0.29, 0.717) is 11.3 Å². The molecule has 0 aliphatic carbocycles. The van der Waals surface area contributed by atoms with Gasteiger partial charge in [0.15, 0.2) is 6.10 Å². The van der Waals surface area contributed by atoms with Crippen LogP contribution in [-0.4, -0.2) is 7.11 Å². The SMILES string of the molecule is COc1ccc(C2OC(N)=C(C#N)C2=C(C#N)C#N)cc1. The molecule has 0 radical (unpaired) electrons. The van der Waals surface area contributed by atoms with Gasteiger partial charge in [-0.2, -0.15) is 15.8 Å². The van der Waals surface area contributed by atoms with E-state index in [1.54, 1.807) is 43.5 Å². The van der Waals surface area contributed by atoms with Crippen LogP contribution in [0, 0.1) is 34.0 Å². The van der Waals surface area contributed by atoms with Crippen LogP contribution < -0.4 is 10.5 Å². The minimum absolute atomic E-state index is 0.0221. The molecule has 0 bridgehead atoms. The molecule has 1 unspecified atom stereocenters. The Labute approximate surface area is 121 Å².